The number of methoxy groups -OCH3 is 1. The van der Waals surface area contributed by atoms with Crippen molar-refractivity contribution in [3.05, 3.63) is 46.6 Å². The number of hydrogen-bond acceptors (Lipinski definition) is 3. The highest BCUT2D eigenvalue weighted by Crippen LogP contribution is 2.23. The van der Waals surface area contributed by atoms with Crippen LogP contribution in [0.1, 0.15) is 23.2 Å². The number of hydrogen-bond donors (Lipinski definition) is 1. The molecule has 1 N–H and O–H groups in total. The number of halogens is 1. The molecular weight excluding hydrogens is 322 g/mol. The van der Waals surface area contributed by atoms with Gasteiger partial charge in [0.1, 0.15) is 0 Å². The number of benzene rings is 1. The van der Waals surface area contributed by atoms with E-state index >= 15 is 0 Å². The van der Waals surface area contributed by atoms with E-state index < -0.39 is 5.97 Å². The summed E-state index contributed by atoms with van der Waals surface area (Å²) in [6.45, 7) is 0. The Balaban J connectivity index is 2.06. The van der Waals surface area contributed by atoms with Crippen molar-refractivity contribution < 1.29 is 14.3 Å². The molecule has 1 aromatic heterocycles. The van der Waals surface area contributed by atoms with Crippen LogP contribution in [-0.4, -0.2) is 23.8 Å². The largest absolute Gasteiger partial charge is 0.466 e. The summed E-state index contributed by atoms with van der Waals surface area (Å²) in [5, 5.41) is 0.904. The van der Waals surface area contributed by atoms with Crippen molar-refractivity contribution >= 4 is 38.6 Å². The number of nitrogens with one attached hydrogen (secondary N) is 1. The average molecular weight is 336 g/mol. The summed E-state index contributed by atoms with van der Waals surface area (Å²) in [6.07, 6.45) is 5.57. The Bertz CT molecular complexity index is 673. The molecule has 20 heavy (non-hydrogen) atoms. The van der Waals surface area contributed by atoms with Crippen molar-refractivity contribution in [2.45, 2.75) is 12.8 Å². The van der Waals surface area contributed by atoms with Gasteiger partial charge in [0, 0.05) is 39.6 Å². The van der Waals surface area contributed by atoms with Gasteiger partial charge in [0.2, 0.25) is 0 Å². The smallest absolute Gasteiger partial charge is 0.330 e. The van der Waals surface area contributed by atoms with Gasteiger partial charge in [-0.05, 0) is 24.6 Å². The van der Waals surface area contributed by atoms with E-state index in [-0.39, 0.29) is 5.78 Å². The number of ether oxygens (including phenoxy) is 1. The predicted octanol–water partition coefficient (Wildman–Crippen LogP) is 3.62. The number of carbonyl (C=O) groups excluding carboxylic acids is 2. The highest BCUT2D eigenvalue weighted by molar-refractivity contribution is 9.10. The summed E-state index contributed by atoms with van der Waals surface area (Å²) in [4.78, 5) is 26.1. The maximum atomic E-state index is 12.2. The number of rotatable bonds is 5. The third-order valence-corrected chi connectivity index (χ3v) is 3.43. The number of carbonyl (C=O) groups is 2. The summed E-state index contributed by atoms with van der Waals surface area (Å²) < 4.78 is 5.41. The molecule has 1 heterocycles. The van der Waals surface area contributed by atoms with Crippen LogP contribution in [0.25, 0.3) is 10.9 Å². The lowest BCUT2D eigenvalue weighted by Crippen LogP contribution is -1.98. The standard InChI is InChI=1S/C15H14BrNO3/c1-20-15(19)5-3-2-4-14(18)12-9-17-13-7-6-10(16)8-11(12)13/h3,5-9,17H,2,4H2,1H3/b5-3+. The van der Waals surface area contributed by atoms with Crippen molar-refractivity contribution in [2.75, 3.05) is 7.11 Å². The van der Waals surface area contributed by atoms with Crippen LogP contribution in [0, 0.1) is 0 Å². The zero-order valence-corrected chi connectivity index (χ0v) is 12.6. The van der Waals surface area contributed by atoms with Crippen LogP contribution < -0.4 is 0 Å². The lowest BCUT2D eigenvalue weighted by molar-refractivity contribution is -0.134. The first kappa shape index (κ1) is 14.5. The van der Waals surface area contributed by atoms with Gasteiger partial charge in [0.25, 0.3) is 0 Å². The van der Waals surface area contributed by atoms with Crippen LogP contribution in [0.5, 0.6) is 0 Å². The van der Waals surface area contributed by atoms with Crippen molar-refractivity contribution in [1.82, 2.24) is 4.98 Å². The zero-order valence-electron chi connectivity index (χ0n) is 11.0. The van der Waals surface area contributed by atoms with Crippen molar-refractivity contribution in [3.8, 4) is 0 Å². The molecule has 0 radical (unpaired) electrons. The predicted molar refractivity (Wildman–Crippen MR) is 80.7 cm³/mol. The molecule has 5 heteroatoms. The fourth-order valence-corrected chi connectivity index (χ4v) is 2.28. The number of H-pyrrole nitrogens is 1. The maximum Gasteiger partial charge on any atom is 0.330 e. The maximum absolute atomic E-state index is 12.2. The van der Waals surface area contributed by atoms with Gasteiger partial charge < -0.3 is 9.72 Å². The molecule has 0 saturated heterocycles. The summed E-state index contributed by atoms with van der Waals surface area (Å²) in [5.41, 5.74) is 1.61. The Kier molecular flexibility index (Phi) is 4.74. The van der Waals surface area contributed by atoms with E-state index in [2.05, 4.69) is 25.7 Å². The minimum atomic E-state index is -0.409. The van der Waals surface area contributed by atoms with E-state index in [1.54, 1.807) is 12.3 Å². The molecule has 0 saturated carbocycles. The summed E-state index contributed by atoms with van der Waals surface area (Å²) in [6, 6.07) is 5.77. The Hall–Kier alpha value is -1.88. The van der Waals surface area contributed by atoms with Crippen molar-refractivity contribution in [2.24, 2.45) is 0 Å². The molecule has 2 rings (SSSR count). The molecular formula is C15H14BrNO3. The summed E-state index contributed by atoms with van der Waals surface area (Å²) in [7, 11) is 1.32. The molecule has 0 aliphatic heterocycles. The van der Waals surface area contributed by atoms with E-state index in [0.29, 0.717) is 18.4 Å². The number of fused-ring (bicyclic) bond motifs is 1. The SMILES string of the molecule is COC(=O)/C=C/CCC(=O)c1c[nH]c2ccc(Br)cc12. The van der Waals surface area contributed by atoms with Crippen LogP contribution in [0.15, 0.2) is 41.0 Å². The monoisotopic (exact) mass is 335 g/mol. The number of esters is 1. The Morgan fingerprint density at radius 1 is 1.40 bits per heavy atom. The first-order chi connectivity index (χ1) is 9.61. The normalized spacial score (nSPS) is 11.1. The quantitative estimate of drug-likeness (QED) is 0.515. The zero-order chi connectivity index (χ0) is 14.5. The van der Waals surface area contributed by atoms with Gasteiger partial charge >= 0.3 is 5.97 Å². The van der Waals surface area contributed by atoms with Crippen molar-refractivity contribution in [3.63, 3.8) is 0 Å². The molecule has 0 amide bonds. The molecule has 4 nitrogen and oxygen atoms in total. The number of aromatic amines is 1. The molecule has 0 spiro atoms. The number of Topliss-reactive ketones (excluding diaryl/α,β-unsaturated/α-hetero) is 1. The lowest BCUT2D eigenvalue weighted by atomic mass is 10.1. The summed E-state index contributed by atoms with van der Waals surface area (Å²) in [5.74, 6) is -0.364. The Morgan fingerprint density at radius 2 is 2.20 bits per heavy atom. The second kappa shape index (κ2) is 6.52. The van der Waals surface area contributed by atoms with E-state index in [1.807, 2.05) is 18.2 Å². The van der Waals surface area contributed by atoms with Crippen LogP contribution in [0.3, 0.4) is 0 Å². The Morgan fingerprint density at radius 3 is 2.95 bits per heavy atom. The van der Waals surface area contributed by atoms with Gasteiger partial charge in [0.15, 0.2) is 5.78 Å². The molecule has 0 aliphatic carbocycles. The third kappa shape index (κ3) is 3.36. The fraction of sp³-hybridized carbons (Fsp3) is 0.200. The molecule has 104 valence electrons. The van der Waals surface area contributed by atoms with Crippen LogP contribution in [0.2, 0.25) is 0 Å². The molecule has 2 aromatic rings. The second-order valence-electron chi connectivity index (χ2n) is 4.28. The van der Waals surface area contributed by atoms with E-state index in [1.165, 1.54) is 13.2 Å². The fourth-order valence-electron chi connectivity index (χ4n) is 1.92. The van der Waals surface area contributed by atoms with Crippen LogP contribution in [0.4, 0.5) is 0 Å². The van der Waals surface area contributed by atoms with Gasteiger partial charge in [-0.25, -0.2) is 4.79 Å². The van der Waals surface area contributed by atoms with Crippen LogP contribution >= 0.6 is 15.9 Å². The molecule has 0 unspecified atom stereocenters. The van der Waals surface area contributed by atoms with Gasteiger partial charge in [-0.15, -0.1) is 0 Å². The second-order valence-corrected chi connectivity index (χ2v) is 5.20. The number of ketones is 1. The number of allylic oxidation sites excluding steroid dienone is 1. The topological polar surface area (TPSA) is 59.2 Å². The molecule has 0 aliphatic rings. The molecule has 0 fully saturated rings. The van der Waals surface area contributed by atoms with Gasteiger partial charge in [-0.2, -0.15) is 0 Å². The van der Waals surface area contributed by atoms with E-state index in [0.717, 1.165) is 15.4 Å². The van der Waals surface area contributed by atoms with Gasteiger partial charge in [-0.1, -0.05) is 22.0 Å². The first-order valence-electron chi connectivity index (χ1n) is 6.16. The van der Waals surface area contributed by atoms with Crippen molar-refractivity contribution in [1.29, 1.82) is 0 Å². The van der Waals surface area contributed by atoms with E-state index in [9.17, 15) is 9.59 Å². The van der Waals surface area contributed by atoms with E-state index in [4.69, 9.17) is 0 Å². The molecule has 1 aromatic carbocycles. The first-order valence-corrected chi connectivity index (χ1v) is 6.95. The minimum Gasteiger partial charge on any atom is -0.466 e. The molecule has 0 bridgehead atoms. The third-order valence-electron chi connectivity index (χ3n) is 2.94. The average Bonchev–Trinajstić information content (AvgIpc) is 2.86. The van der Waals surface area contributed by atoms with Gasteiger partial charge in [-0.3, -0.25) is 4.79 Å². The van der Waals surface area contributed by atoms with Crippen LogP contribution in [-0.2, 0) is 9.53 Å². The highest BCUT2D eigenvalue weighted by atomic mass is 79.9. The number of aromatic nitrogens is 1. The minimum absolute atomic E-state index is 0.0452. The Labute approximate surface area is 124 Å². The highest BCUT2D eigenvalue weighted by Gasteiger charge is 2.11. The lowest BCUT2D eigenvalue weighted by Gasteiger charge is -1.98. The molecule has 0 atom stereocenters. The van der Waals surface area contributed by atoms with Gasteiger partial charge in [0.05, 0.1) is 7.11 Å². The summed E-state index contributed by atoms with van der Waals surface area (Å²) >= 11 is 3.40.